The van der Waals surface area contributed by atoms with E-state index in [1.807, 2.05) is 40.7 Å². The molecule has 3 heteroatoms. The summed E-state index contributed by atoms with van der Waals surface area (Å²) in [5.74, 6) is 0.856. The summed E-state index contributed by atoms with van der Waals surface area (Å²) in [5.41, 5.74) is 3.45. The molecule has 1 atom stereocenters. The highest BCUT2D eigenvalue weighted by Crippen LogP contribution is 2.24. The zero-order valence-corrected chi connectivity index (χ0v) is 12.9. The Kier molecular flexibility index (Phi) is 5.40. The quantitative estimate of drug-likeness (QED) is 0.816. The van der Waals surface area contributed by atoms with Gasteiger partial charge in [-0.05, 0) is 64.3 Å². The smallest absolute Gasteiger partial charge is 0.263 e. The second-order valence-corrected chi connectivity index (χ2v) is 4.98. The maximum atomic E-state index is 12.2. The van der Waals surface area contributed by atoms with Crippen LogP contribution in [0.4, 0.5) is 0 Å². The number of rotatable bonds is 5. The number of carbonyl (C=O) groups excluding carboxylic acids is 1. The van der Waals surface area contributed by atoms with Crippen LogP contribution in [0.25, 0.3) is 0 Å². The predicted octanol–water partition coefficient (Wildman–Crippen LogP) is 3.25. The van der Waals surface area contributed by atoms with Gasteiger partial charge >= 0.3 is 0 Å². The van der Waals surface area contributed by atoms with E-state index in [4.69, 9.17) is 4.74 Å². The van der Waals surface area contributed by atoms with Crippen LogP contribution in [0.2, 0.25) is 0 Å². The minimum Gasteiger partial charge on any atom is -0.481 e. The Hall–Kier alpha value is -1.51. The predicted molar refractivity (Wildman–Crippen MR) is 78.7 cm³/mol. The maximum absolute atomic E-state index is 12.2. The van der Waals surface area contributed by atoms with Crippen molar-refractivity contribution in [3.63, 3.8) is 0 Å². The summed E-state index contributed by atoms with van der Waals surface area (Å²) in [6.07, 6.45) is -0.445. The maximum Gasteiger partial charge on any atom is 0.263 e. The molecule has 0 spiro atoms. The molecule has 1 aromatic carbocycles. The molecule has 106 valence electrons. The summed E-state index contributed by atoms with van der Waals surface area (Å²) in [6.45, 7) is 13.3. The van der Waals surface area contributed by atoms with Gasteiger partial charge in [-0.15, -0.1) is 0 Å². The van der Waals surface area contributed by atoms with Gasteiger partial charge in [0.1, 0.15) is 5.75 Å². The Morgan fingerprint density at radius 3 is 2.32 bits per heavy atom. The molecule has 3 nitrogen and oxygen atoms in total. The van der Waals surface area contributed by atoms with Crippen LogP contribution in [0.1, 0.15) is 37.5 Å². The monoisotopic (exact) mass is 263 g/mol. The minimum atomic E-state index is -0.445. The summed E-state index contributed by atoms with van der Waals surface area (Å²) < 4.78 is 5.86. The van der Waals surface area contributed by atoms with Gasteiger partial charge in [-0.25, -0.2) is 0 Å². The molecule has 0 radical (unpaired) electrons. The molecule has 0 aliphatic rings. The summed E-state index contributed by atoms with van der Waals surface area (Å²) in [4.78, 5) is 14.0. The molecule has 0 saturated heterocycles. The first-order chi connectivity index (χ1) is 8.90. The first-order valence-electron chi connectivity index (χ1n) is 6.93. The molecule has 1 aromatic rings. The van der Waals surface area contributed by atoms with E-state index in [1.165, 1.54) is 5.56 Å². The number of hydrogen-bond acceptors (Lipinski definition) is 2. The highest BCUT2D eigenvalue weighted by Gasteiger charge is 2.20. The van der Waals surface area contributed by atoms with Crippen LogP contribution in [0.15, 0.2) is 12.1 Å². The number of benzene rings is 1. The Bertz CT molecular complexity index is 450. The molecule has 0 saturated carbocycles. The largest absolute Gasteiger partial charge is 0.481 e. The van der Waals surface area contributed by atoms with Gasteiger partial charge in [0.05, 0.1) is 0 Å². The Morgan fingerprint density at radius 1 is 1.21 bits per heavy atom. The molecule has 1 unspecified atom stereocenters. The van der Waals surface area contributed by atoms with E-state index in [-0.39, 0.29) is 5.91 Å². The second kappa shape index (κ2) is 6.60. The molecular formula is C16H25NO2. The Morgan fingerprint density at radius 2 is 1.79 bits per heavy atom. The van der Waals surface area contributed by atoms with Gasteiger partial charge < -0.3 is 9.64 Å². The van der Waals surface area contributed by atoms with Gasteiger partial charge in [0.15, 0.2) is 6.10 Å². The van der Waals surface area contributed by atoms with Crippen molar-refractivity contribution >= 4 is 5.91 Å². The Labute approximate surface area is 116 Å². The molecule has 0 bridgehead atoms. The average Bonchev–Trinajstić information content (AvgIpc) is 2.36. The van der Waals surface area contributed by atoms with E-state index in [1.54, 1.807) is 4.90 Å². The number of nitrogens with zero attached hydrogens (tertiary/aromatic N) is 1. The van der Waals surface area contributed by atoms with E-state index in [0.29, 0.717) is 0 Å². The van der Waals surface area contributed by atoms with Crippen molar-refractivity contribution in [2.24, 2.45) is 0 Å². The van der Waals surface area contributed by atoms with Crippen LogP contribution in [0.5, 0.6) is 5.75 Å². The second-order valence-electron chi connectivity index (χ2n) is 4.98. The lowest BCUT2D eigenvalue weighted by atomic mass is 10.1. The summed E-state index contributed by atoms with van der Waals surface area (Å²) >= 11 is 0. The van der Waals surface area contributed by atoms with Crippen molar-refractivity contribution < 1.29 is 9.53 Å². The van der Waals surface area contributed by atoms with Crippen LogP contribution in [0.3, 0.4) is 0 Å². The molecule has 0 heterocycles. The lowest BCUT2D eigenvalue weighted by Crippen LogP contribution is -2.40. The molecule has 19 heavy (non-hydrogen) atoms. The summed E-state index contributed by atoms with van der Waals surface area (Å²) in [6, 6.07) is 4.12. The third kappa shape index (κ3) is 3.72. The normalized spacial score (nSPS) is 12.1. The van der Waals surface area contributed by atoms with Crippen molar-refractivity contribution in [1.82, 2.24) is 4.90 Å². The lowest BCUT2D eigenvalue weighted by Gasteiger charge is -2.24. The van der Waals surface area contributed by atoms with E-state index in [0.717, 1.165) is 30.0 Å². The van der Waals surface area contributed by atoms with Crippen molar-refractivity contribution in [2.45, 2.75) is 47.6 Å². The number of amides is 1. The summed E-state index contributed by atoms with van der Waals surface area (Å²) in [7, 11) is 0. The molecule has 1 rings (SSSR count). The number of likely N-dealkylation sites (N-methyl/N-ethyl adjacent to an activating group) is 1. The van der Waals surface area contributed by atoms with Crippen molar-refractivity contribution in [3.8, 4) is 5.75 Å². The highest BCUT2D eigenvalue weighted by atomic mass is 16.5. The van der Waals surface area contributed by atoms with E-state index >= 15 is 0 Å². The van der Waals surface area contributed by atoms with Crippen LogP contribution in [-0.4, -0.2) is 30.0 Å². The van der Waals surface area contributed by atoms with Gasteiger partial charge in [0, 0.05) is 13.1 Å². The molecule has 0 N–H and O–H groups in total. The SMILES string of the molecule is CCN(CC)C(=O)C(C)Oc1cc(C)cc(C)c1C. The van der Waals surface area contributed by atoms with Crippen LogP contribution in [-0.2, 0) is 4.79 Å². The van der Waals surface area contributed by atoms with Crippen molar-refractivity contribution in [3.05, 3.63) is 28.8 Å². The van der Waals surface area contributed by atoms with Gasteiger partial charge in [0.25, 0.3) is 5.91 Å². The lowest BCUT2D eigenvalue weighted by molar-refractivity contribution is -0.137. The fraction of sp³-hybridized carbons (Fsp3) is 0.562. The molecule has 0 aliphatic heterocycles. The van der Waals surface area contributed by atoms with Crippen LogP contribution >= 0.6 is 0 Å². The third-order valence-corrected chi connectivity index (χ3v) is 3.49. The first kappa shape index (κ1) is 15.5. The van der Waals surface area contributed by atoms with Crippen molar-refractivity contribution in [1.29, 1.82) is 0 Å². The fourth-order valence-corrected chi connectivity index (χ4v) is 2.16. The fourth-order valence-electron chi connectivity index (χ4n) is 2.16. The van der Waals surface area contributed by atoms with E-state index in [9.17, 15) is 4.79 Å². The standard InChI is InChI=1S/C16H25NO2/c1-7-17(8-2)16(18)14(6)19-15-10-11(3)9-12(4)13(15)5/h9-10,14H,7-8H2,1-6H3. The van der Waals surface area contributed by atoms with E-state index < -0.39 is 6.10 Å². The molecule has 1 amide bonds. The number of carbonyl (C=O) groups is 1. The zero-order valence-electron chi connectivity index (χ0n) is 12.9. The zero-order chi connectivity index (χ0) is 14.6. The molecule has 0 fully saturated rings. The van der Waals surface area contributed by atoms with Gasteiger partial charge in [0.2, 0.25) is 0 Å². The van der Waals surface area contributed by atoms with Crippen molar-refractivity contribution in [2.75, 3.05) is 13.1 Å². The Balaban J connectivity index is 2.88. The number of aryl methyl sites for hydroxylation is 2. The van der Waals surface area contributed by atoms with Gasteiger partial charge in [-0.2, -0.15) is 0 Å². The number of hydrogen-bond donors (Lipinski definition) is 0. The molecular weight excluding hydrogens is 238 g/mol. The van der Waals surface area contributed by atoms with Crippen LogP contribution < -0.4 is 4.74 Å². The average molecular weight is 263 g/mol. The topological polar surface area (TPSA) is 29.5 Å². The van der Waals surface area contributed by atoms with Gasteiger partial charge in [-0.1, -0.05) is 6.07 Å². The highest BCUT2D eigenvalue weighted by molar-refractivity contribution is 5.80. The number of ether oxygens (including phenoxy) is 1. The summed E-state index contributed by atoms with van der Waals surface area (Å²) in [5, 5.41) is 0. The molecule has 0 aliphatic carbocycles. The third-order valence-electron chi connectivity index (χ3n) is 3.49. The van der Waals surface area contributed by atoms with Gasteiger partial charge in [-0.3, -0.25) is 4.79 Å². The van der Waals surface area contributed by atoms with Crippen LogP contribution in [0, 0.1) is 20.8 Å². The first-order valence-corrected chi connectivity index (χ1v) is 6.93. The molecule has 0 aromatic heterocycles. The minimum absolute atomic E-state index is 0.0450. The van der Waals surface area contributed by atoms with E-state index in [2.05, 4.69) is 13.0 Å².